The monoisotopic (exact) mass is 363 g/mol. The van der Waals surface area contributed by atoms with Crippen LogP contribution >= 0.6 is 34.5 Å². The highest BCUT2D eigenvalue weighted by atomic mass is 35.5. The Hall–Kier alpha value is -1.88. The van der Waals surface area contributed by atoms with Crippen LogP contribution in [0.3, 0.4) is 0 Å². The Labute approximate surface area is 147 Å². The summed E-state index contributed by atoms with van der Waals surface area (Å²) in [6, 6.07) is 9.10. The van der Waals surface area contributed by atoms with Gasteiger partial charge in [-0.2, -0.15) is 0 Å². The third-order valence-electron chi connectivity index (χ3n) is 3.26. The molecule has 23 heavy (non-hydrogen) atoms. The van der Waals surface area contributed by atoms with Crippen LogP contribution < -0.4 is 4.74 Å². The van der Waals surface area contributed by atoms with Crippen molar-refractivity contribution in [2.75, 3.05) is 7.11 Å². The van der Waals surface area contributed by atoms with Crippen LogP contribution in [0.2, 0.25) is 10.2 Å². The molecule has 0 aliphatic heterocycles. The van der Waals surface area contributed by atoms with Crippen LogP contribution in [0.15, 0.2) is 41.8 Å². The van der Waals surface area contributed by atoms with E-state index in [2.05, 4.69) is 4.98 Å². The number of allylic oxidation sites excluding steroid dienone is 1. The first-order valence-corrected chi connectivity index (χ1v) is 8.32. The van der Waals surface area contributed by atoms with Crippen molar-refractivity contribution in [3.8, 4) is 5.75 Å². The topological polar surface area (TPSA) is 39.2 Å². The van der Waals surface area contributed by atoms with Crippen molar-refractivity contribution in [1.82, 2.24) is 4.98 Å². The van der Waals surface area contributed by atoms with Crippen LogP contribution in [0.4, 0.5) is 0 Å². The van der Waals surface area contributed by atoms with E-state index < -0.39 is 0 Å². The minimum Gasteiger partial charge on any atom is -0.497 e. The quantitative estimate of drug-likeness (QED) is 0.348. The van der Waals surface area contributed by atoms with E-state index in [4.69, 9.17) is 27.9 Å². The van der Waals surface area contributed by atoms with Crippen molar-refractivity contribution < 1.29 is 9.53 Å². The zero-order chi connectivity index (χ0) is 16.4. The van der Waals surface area contributed by atoms with Gasteiger partial charge in [-0.15, -0.1) is 11.3 Å². The molecule has 0 aliphatic rings. The van der Waals surface area contributed by atoms with Gasteiger partial charge in [-0.25, -0.2) is 4.98 Å². The Balaban J connectivity index is 1.96. The van der Waals surface area contributed by atoms with Crippen LogP contribution in [0.5, 0.6) is 5.75 Å². The Morgan fingerprint density at radius 2 is 2.09 bits per heavy atom. The molecule has 6 heteroatoms. The Morgan fingerprint density at radius 3 is 2.78 bits per heavy atom. The highest BCUT2D eigenvalue weighted by Gasteiger charge is 2.09. The lowest BCUT2D eigenvalue weighted by molar-refractivity contribution is 0.105. The fraction of sp³-hybridized carbons (Fsp3) is 0.0588. The molecule has 0 N–H and O–H groups in total. The number of ketones is 1. The molecule has 0 saturated heterocycles. The number of carbonyl (C=O) groups is 1. The molecule has 116 valence electrons. The summed E-state index contributed by atoms with van der Waals surface area (Å²) in [6.45, 7) is 0. The SMILES string of the molecule is COc1ccc2nc(Cl)c(/C=C/C(=O)c3sccc3Cl)cc2c1. The lowest BCUT2D eigenvalue weighted by Gasteiger charge is -2.04. The van der Waals surface area contributed by atoms with Crippen molar-refractivity contribution in [2.24, 2.45) is 0 Å². The fourth-order valence-corrected chi connectivity index (χ4v) is 3.38. The van der Waals surface area contributed by atoms with Gasteiger partial charge >= 0.3 is 0 Å². The van der Waals surface area contributed by atoms with Crippen molar-refractivity contribution in [3.63, 3.8) is 0 Å². The van der Waals surface area contributed by atoms with Crippen LogP contribution in [-0.4, -0.2) is 17.9 Å². The molecule has 0 saturated carbocycles. The van der Waals surface area contributed by atoms with E-state index in [9.17, 15) is 4.79 Å². The molecule has 0 unspecified atom stereocenters. The summed E-state index contributed by atoms with van der Waals surface area (Å²) >= 11 is 13.5. The predicted octanol–water partition coefficient (Wildman–Crippen LogP) is 5.51. The zero-order valence-electron chi connectivity index (χ0n) is 12.0. The number of aromatic nitrogens is 1. The average Bonchev–Trinajstić information content (AvgIpc) is 2.98. The molecule has 3 aromatic rings. The molecule has 2 heterocycles. The van der Waals surface area contributed by atoms with Crippen molar-refractivity contribution >= 4 is 57.3 Å². The van der Waals surface area contributed by atoms with Crippen molar-refractivity contribution in [2.45, 2.75) is 0 Å². The number of nitrogens with zero attached hydrogens (tertiary/aromatic N) is 1. The van der Waals surface area contributed by atoms with Crippen LogP contribution in [-0.2, 0) is 0 Å². The summed E-state index contributed by atoms with van der Waals surface area (Å²) in [5.41, 5.74) is 1.43. The Morgan fingerprint density at radius 1 is 1.26 bits per heavy atom. The molecule has 0 atom stereocenters. The summed E-state index contributed by atoms with van der Waals surface area (Å²) in [5.74, 6) is 0.574. The van der Waals surface area contributed by atoms with Gasteiger partial charge in [0.15, 0.2) is 5.78 Å². The van der Waals surface area contributed by atoms with Crippen LogP contribution in [0.25, 0.3) is 17.0 Å². The van der Waals surface area contributed by atoms with Gasteiger partial charge in [0.25, 0.3) is 0 Å². The largest absolute Gasteiger partial charge is 0.497 e. The number of hydrogen-bond donors (Lipinski definition) is 0. The number of ether oxygens (including phenoxy) is 1. The van der Waals surface area contributed by atoms with Gasteiger partial charge < -0.3 is 4.74 Å². The molecule has 0 fully saturated rings. The minimum atomic E-state index is -0.160. The van der Waals surface area contributed by atoms with E-state index in [1.165, 1.54) is 17.4 Å². The average molecular weight is 364 g/mol. The van der Waals surface area contributed by atoms with Gasteiger partial charge in [0.2, 0.25) is 0 Å². The molecule has 0 spiro atoms. The first kappa shape index (κ1) is 16.0. The zero-order valence-corrected chi connectivity index (χ0v) is 14.4. The first-order valence-electron chi connectivity index (χ1n) is 6.68. The maximum atomic E-state index is 12.1. The molecule has 0 bridgehead atoms. The van der Waals surface area contributed by atoms with Gasteiger partial charge in [-0.1, -0.05) is 23.2 Å². The molecule has 3 rings (SSSR count). The second-order valence-corrected chi connectivity index (χ2v) is 6.40. The van der Waals surface area contributed by atoms with E-state index in [0.29, 0.717) is 20.6 Å². The molecule has 0 amide bonds. The van der Waals surface area contributed by atoms with Gasteiger partial charge in [-0.3, -0.25) is 4.79 Å². The standard InChI is InChI=1S/C17H11Cl2NO2S/c1-22-12-3-4-14-11(9-12)8-10(17(19)20-14)2-5-15(21)16-13(18)6-7-23-16/h2-9H,1H3/b5-2+. The lowest BCUT2D eigenvalue weighted by Crippen LogP contribution is -1.91. The predicted molar refractivity (Wildman–Crippen MR) is 96.0 cm³/mol. The van der Waals surface area contributed by atoms with E-state index in [1.54, 1.807) is 24.6 Å². The number of methoxy groups -OCH3 is 1. The number of rotatable bonds is 4. The second-order valence-electron chi connectivity index (χ2n) is 4.72. The normalized spacial score (nSPS) is 11.3. The van der Waals surface area contributed by atoms with Gasteiger partial charge in [0, 0.05) is 10.9 Å². The molecular weight excluding hydrogens is 353 g/mol. The summed E-state index contributed by atoms with van der Waals surface area (Å²) in [6.07, 6.45) is 3.10. The van der Waals surface area contributed by atoms with E-state index in [1.807, 2.05) is 24.3 Å². The number of fused-ring (bicyclic) bond motifs is 1. The third kappa shape index (κ3) is 3.39. The van der Waals surface area contributed by atoms with Crippen molar-refractivity contribution in [3.05, 3.63) is 62.4 Å². The van der Waals surface area contributed by atoms with Gasteiger partial charge in [0.1, 0.15) is 10.9 Å². The number of halogens is 2. The van der Waals surface area contributed by atoms with E-state index >= 15 is 0 Å². The Bertz CT molecular complexity index is 918. The fourth-order valence-electron chi connectivity index (χ4n) is 2.10. The molecular formula is C17H11Cl2NO2S. The molecule has 0 radical (unpaired) electrons. The summed E-state index contributed by atoms with van der Waals surface area (Å²) in [7, 11) is 1.61. The summed E-state index contributed by atoms with van der Waals surface area (Å²) in [4.78, 5) is 17.0. The number of pyridine rings is 1. The summed E-state index contributed by atoms with van der Waals surface area (Å²) in [5, 5.41) is 3.45. The maximum Gasteiger partial charge on any atom is 0.197 e. The van der Waals surface area contributed by atoms with E-state index in [0.717, 1.165) is 16.7 Å². The number of benzene rings is 1. The second kappa shape index (κ2) is 6.71. The highest BCUT2D eigenvalue weighted by Crippen LogP contribution is 2.26. The number of thiophene rings is 1. The maximum absolute atomic E-state index is 12.1. The molecule has 3 nitrogen and oxygen atoms in total. The number of carbonyl (C=O) groups excluding carboxylic acids is 1. The van der Waals surface area contributed by atoms with Gasteiger partial charge in [0.05, 0.1) is 22.5 Å². The minimum absolute atomic E-state index is 0.160. The van der Waals surface area contributed by atoms with Gasteiger partial charge in [-0.05, 0) is 47.9 Å². The molecule has 1 aromatic carbocycles. The highest BCUT2D eigenvalue weighted by molar-refractivity contribution is 7.13. The van der Waals surface area contributed by atoms with Crippen molar-refractivity contribution in [1.29, 1.82) is 0 Å². The molecule has 2 aromatic heterocycles. The lowest BCUT2D eigenvalue weighted by atomic mass is 10.1. The number of hydrogen-bond acceptors (Lipinski definition) is 4. The third-order valence-corrected chi connectivity index (χ3v) is 4.92. The first-order chi connectivity index (χ1) is 11.1. The van der Waals surface area contributed by atoms with E-state index in [-0.39, 0.29) is 5.78 Å². The van der Waals surface area contributed by atoms with Crippen LogP contribution in [0, 0.1) is 0 Å². The summed E-state index contributed by atoms with van der Waals surface area (Å²) < 4.78 is 5.21. The molecule has 0 aliphatic carbocycles. The Kier molecular flexibility index (Phi) is 4.66. The van der Waals surface area contributed by atoms with Crippen LogP contribution in [0.1, 0.15) is 15.2 Å². The smallest absolute Gasteiger partial charge is 0.197 e.